The van der Waals surface area contributed by atoms with Gasteiger partial charge in [-0.3, -0.25) is 4.57 Å². The minimum absolute atomic E-state index is 0.302. The van der Waals surface area contributed by atoms with E-state index in [2.05, 4.69) is 20.2 Å². The van der Waals surface area contributed by atoms with Gasteiger partial charge in [-0.25, -0.2) is 9.37 Å². The van der Waals surface area contributed by atoms with Crippen molar-refractivity contribution in [1.82, 2.24) is 24.7 Å². The van der Waals surface area contributed by atoms with Gasteiger partial charge in [0.25, 0.3) is 0 Å². The zero-order valence-corrected chi connectivity index (χ0v) is 11.8. The van der Waals surface area contributed by atoms with Gasteiger partial charge in [0.1, 0.15) is 11.6 Å². The summed E-state index contributed by atoms with van der Waals surface area (Å²) in [6.45, 7) is 1.88. The summed E-state index contributed by atoms with van der Waals surface area (Å²) in [6, 6.07) is 14.2. The molecule has 0 aliphatic heterocycles. The summed E-state index contributed by atoms with van der Waals surface area (Å²) in [4.78, 5) is 7.58. The van der Waals surface area contributed by atoms with Crippen molar-refractivity contribution in [2.75, 3.05) is 0 Å². The van der Waals surface area contributed by atoms with Crippen molar-refractivity contribution >= 4 is 11.0 Å². The first-order valence-corrected chi connectivity index (χ1v) is 6.85. The highest BCUT2D eigenvalue weighted by atomic mass is 19.1. The second-order valence-electron chi connectivity index (χ2n) is 4.99. The summed E-state index contributed by atoms with van der Waals surface area (Å²) in [7, 11) is 0. The maximum Gasteiger partial charge on any atom is 0.204 e. The Kier molecular flexibility index (Phi) is 2.75. The molecule has 4 aromatic rings. The number of benzene rings is 2. The number of rotatable bonds is 2. The van der Waals surface area contributed by atoms with Crippen molar-refractivity contribution in [3.63, 3.8) is 0 Å². The van der Waals surface area contributed by atoms with Crippen LogP contribution in [-0.4, -0.2) is 24.7 Å². The van der Waals surface area contributed by atoms with Crippen LogP contribution in [0.15, 0.2) is 48.5 Å². The van der Waals surface area contributed by atoms with E-state index in [-0.39, 0.29) is 5.82 Å². The van der Waals surface area contributed by atoms with E-state index >= 15 is 0 Å². The predicted octanol–water partition coefficient (Wildman–Crippen LogP) is 3.26. The highest BCUT2D eigenvalue weighted by molar-refractivity contribution is 5.78. The lowest BCUT2D eigenvalue weighted by molar-refractivity contribution is 0.629. The molecule has 0 amide bonds. The number of imidazole rings is 1. The second-order valence-corrected chi connectivity index (χ2v) is 4.99. The summed E-state index contributed by atoms with van der Waals surface area (Å²) in [5.74, 6) is 1.61. The van der Waals surface area contributed by atoms with Crippen LogP contribution in [0.1, 0.15) is 5.82 Å². The molecule has 0 unspecified atom stereocenters. The Morgan fingerprint density at radius 1 is 1.05 bits per heavy atom. The minimum Gasteiger partial charge on any atom is -0.335 e. The highest BCUT2D eigenvalue weighted by Crippen LogP contribution is 2.23. The second kappa shape index (κ2) is 4.77. The molecule has 4 rings (SSSR count). The molecule has 0 radical (unpaired) electrons. The topological polar surface area (TPSA) is 59.4 Å². The van der Waals surface area contributed by atoms with Crippen LogP contribution in [0.25, 0.3) is 28.4 Å². The molecule has 2 aromatic heterocycles. The van der Waals surface area contributed by atoms with Gasteiger partial charge in [0.05, 0.1) is 11.0 Å². The Hall–Kier alpha value is -3.02. The van der Waals surface area contributed by atoms with Gasteiger partial charge >= 0.3 is 0 Å². The first-order valence-electron chi connectivity index (χ1n) is 6.85. The molecular formula is C16H12FN5. The van der Waals surface area contributed by atoms with Crippen molar-refractivity contribution in [2.45, 2.75) is 6.92 Å². The van der Waals surface area contributed by atoms with Gasteiger partial charge in [0.15, 0.2) is 5.82 Å². The van der Waals surface area contributed by atoms with Crippen molar-refractivity contribution in [3.8, 4) is 17.3 Å². The molecule has 108 valence electrons. The molecule has 0 saturated carbocycles. The molecule has 1 N–H and O–H groups in total. The molecule has 5 nitrogen and oxygen atoms in total. The normalized spacial score (nSPS) is 11.2. The van der Waals surface area contributed by atoms with E-state index in [1.54, 1.807) is 6.07 Å². The summed E-state index contributed by atoms with van der Waals surface area (Å²) < 4.78 is 15.2. The SMILES string of the molecule is Cc1nnc(-c2nc3ccc(F)cc3[nH]2)n1-c1ccccc1. The number of fused-ring (bicyclic) bond motifs is 1. The number of nitrogens with zero attached hydrogens (tertiary/aromatic N) is 4. The van der Waals surface area contributed by atoms with E-state index in [9.17, 15) is 4.39 Å². The van der Waals surface area contributed by atoms with E-state index in [0.717, 1.165) is 11.5 Å². The summed E-state index contributed by atoms with van der Waals surface area (Å²) in [5, 5.41) is 8.34. The van der Waals surface area contributed by atoms with Crippen LogP contribution in [0.2, 0.25) is 0 Å². The molecule has 0 aliphatic carbocycles. The van der Waals surface area contributed by atoms with Crippen LogP contribution in [0, 0.1) is 12.7 Å². The molecule has 0 bridgehead atoms. The third-order valence-corrected chi connectivity index (χ3v) is 3.49. The largest absolute Gasteiger partial charge is 0.335 e. The van der Waals surface area contributed by atoms with E-state index < -0.39 is 0 Å². The molecule has 0 fully saturated rings. The van der Waals surface area contributed by atoms with Crippen molar-refractivity contribution in [1.29, 1.82) is 0 Å². The smallest absolute Gasteiger partial charge is 0.204 e. The first-order chi connectivity index (χ1) is 10.7. The molecule has 2 heterocycles. The maximum atomic E-state index is 13.3. The fourth-order valence-electron chi connectivity index (χ4n) is 2.49. The number of hydrogen-bond donors (Lipinski definition) is 1. The fraction of sp³-hybridized carbons (Fsp3) is 0.0625. The number of aromatic nitrogens is 5. The Labute approximate surface area is 125 Å². The van der Waals surface area contributed by atoms with E-state index in [1.165, 1.54) is 12.1 Å². The van der Waals surface area contributed by atoms with E-state index in [1.807, 2.05) is 41.8 Å². The minimum atomic E-state index is -0.302. The quantitative estimate of drug-likeness (QED) is 0.617. The number of para-hydroxylation sites is 1. The fourth-order valence-corrected chi connectivity index (χ4v) is 2.49. The number of aromatic amines is 1. The number of H-pyrrole nitrogens is 1. The van der Waals surface area contributed by atoms with Crippen LogP contribution in [-0.2, 0) is 0 Å². The molecule has 2 aromatic carbocycles. The Bertz CT molecular complexity index is 955. The van der Waals surface area contributed by atoms with Crippen molar-refractivity contribution < 1.29 is 4.39 Å². The molecule has 0 saturated heterocycles. The third-order valence-electron chi connectivity index (χ3n) is 3.49. The summed E-state index contributed by atoms with van der Waals surface area (Å²) in [5.41, 5.74) is 2.28. The average molecular weight is 293 g/mol. The van der Waals surface area contributed by atoms with Crippen LogP contribution < -0.4 is 0 Å². The summed E-state index contributed by atoms with van der Waals surface area (Å²) >= 11 is 0. The van der Waals surface area contributed by atoms with E-state index in [4.69, 9.17) is 0 Å². The molecule has 0 aliphatic rings. The van der Waals surface area contributed by atoms with Crippen molar-refractivity contribution in [3.05, 3.63) is 60.2 Å². The maximum absolute atomic E-state index is 13.3. The van der Waals surface area contributed by atoms with Gasteiger partial charge in [0, 0.05) is 5.69 Å². The van der Waals surface area contributed by atoms with Gasteiger partial charge in [-0.05, 0) is 37.3 Å². The van der Waals surface area contributed by atoms with Crippen LogP contribution in [0.5, 0.6) is 0 Å². The molecule has 22 heavy (non-hydrogen) atoms. The van der Waals surface area contributed by atoms with Gasteiger partial charge < -0.3 is 4.98 Å². The third kappa shape index (κ3) is 1.96. The highest BCUT2D eigenvalue weighted by Gasteiger charge is 2.16. The van der Waals surface area contributed by atoms with Gasteiger partial charge in [0.2, 0.25) is 5.82 Å². The Morgan fingerprint density at radius 2 is 1.86 bits per heavy atom. The zero-order valence-electron chi connectivity index (χ0n) is 11.8. The molecule has 0 atom stereocenters. The molecule has 6 heteroatoms. The van der Waals surface area contributed by atoms with Crippen molar-refractivity contribution in [2.24, 2.45) is 0 Å². The predicted molar refractivity (Wildman–Crippen MR) is 81.1 cm³/mol. The van der Waals surface area contributed by atoms with Crippen LogP contribution >= 0.6 is 0 Å². The number of nitrogens with one attached hydrogen (secondary N) is 1. The van der Waals surface area contributed by atoms with Crippen LogP contribution in [0.4, 0.5) is 4.39 Å². The number of halogens is 1. The monoisotopic (exact) mass is 293 g/mol. The zero-order chi connectivity index (χ0) is 15.1. The average Bonchev–Trinajstić information content (AvgIpc) is 3.10. The lowest BCUT2D eigenvalue weighted by atomic mass is 10.3. The lowest BCUT2D eigenvalue weighted by Gasteiger charge is -2.06. The first kappa shape index (κ1) is 12.7. The van der Waals surface area contributed by atoms with Gasteiger partial charge in [-0.1, -0.05) is 18.2 Å². The van der Waals surface area contributed by atoms with Gasteiger partial charge in [-0.15, -0.1) is 10.2 Å². The molecule has 0 spiro atoms. The summed E-state index contributed by atoms with van der Waals surface area (Å²) in [6.07, 6.45) is 0. The van der Waals surface area contributed by atoms with E-state index in [0.29, 0.717) is 22.7 Å². The number of hydrogen-bond acceptors (Lipinski definition) is 3. The van der Waals surface area contributed by atoms with Gasteiger partial charge in [-0.2, -0.15) is 0 Å². The molecular weight excluding hydrogens is 281 g/mol. The number of aryl methyl sites for hydroxylation is 1. The standard InChI is InChI=1S/C16H12FN5/c1-10-20-21-16(22(10)12-5-3-2-4-6-12)15-18-13-8-7-11(17)9-14(13)19-15/h2-9H,1H3,(H,18,19). The lowest BCUT2D eigenvalue weighted by Crippen LogP contribution is -2.00. The Balaban J connectivity index is 1.92. The van der Waals surface area contributed by atoms with Crippen LogP contribution in [0.3, 0.4) is 0 Å². The Morgan fingerprint density at radius 3 is 2.68 bits per heavy atom.